The molecular formula is C10H18O. The molecule has 0 spiro atoms. The zero-order valence-corrected chi connectivity index (χ0v) is 7.71. The van der Waals surface area contributed by atoms with Crippen molar-refractivity contribution in [2.75, 3.05) is 0 Å². The van der Waals surface area contributed by atoms with E-state index in [-0.39, 0.29) is 0 Å². The Hall–Kier alpha value is -0.330. The van der Waals surface area contributed by atoms with Crippen molar-refractivity contribution in [3.8, 4) is 0 Å². The molecule has 0 aromatic heterocycles. The van der Waals surface area contributed by atoms with Crippen LogP contribution in [0.1, 0.15) is 33.6 Å². The summed E-state index contributed by atoms with van der Waals surface area (Å²) < 4.78 is 0. The van der Waals surface area contributed by atoms with Gasteiger partial charge in [-0.25, -0.2) is 0 Å². The molecule has 1 saturated carbocycles. The molecule has 0 aromatic rings. The summed E-state index contributed by atoms with van der Waals surface area (Å²) in [5, 5.41) is 0. The molecule has 0 radical (unpaired) electrons. The minimum Gasteiger partial charge on any atom is -0.303 e. The number of carbonyl (C=O) groups is 1. The molecule has 0 heterocycles. The Balaban J connectivity index is 2.58. The Kier molecular flexibility index (Phi) is 2.69. The van der Waals surface area contributed by atoms with Crippen LogP contribution in [0, 0.1) is 23.7 Å². The third-order valence-electron chi connectivity index (χ3n) is 3.53. The normalized spacial score (nSPS) is 45.4. The topological polar surface area (TPSA) is 17.1 Å². The van der Waals surface area contributed by atoms with Crippen LogP contribution in [0.25, 0.3) is 0 Å². The van der Waals surface area contributed by atoms with Crippen LogP contribution in [0.4, 0.5) is 0 Å². The van der Waals surface area contributed by atoms with Gasteiger partial charge in [-0.1, -0.05) is 20.8 Å². The van der Waals surface area contributed by atoms with Gasteiger partial charge < -0.3 is 4.79 Å². The molecule has 1 rings (SSSR count). The Morgan fingerprint density at radius 1 is 1.09 bits per heavy atom. The van der Waals surface area contributed by atoms with E-state index in [0.29, 0.717) is 11.8 Å². The summed E-state index contributed by atoms with van der Waals surface area (Å²) >= 11 is 0. The van der Waals surface area contributed by atoms with Gasteiger partial charge in [-0.15, -0.1) is 0 Å². The molecule has 0 aliphatic heterocycles. The molecule has 64 valence electrons. The molecule has 1 fully saturated rings. The highest BCUT2D eigenvalue weighted by atomic mass is 16.1. The number of carbonyl (C=O) groups excluding carboxylic acids is 1. The van der Waals surface area contributed by atoms with Crippen molar-refractivity contribution in [3.05, 3.63) is 0 Å². The third-order valence-corrected chi connectivity index (χ3v) is 3.53. The van der Waals surface area contributed by atoms with E-state index in [9.17, 15) is 4.79 Å². The van der Waals surface area contributed by atoms with Crippen LogP contribution in [0.2, 0.25) is 0 Å². The molecule has 1 heteroatoms. The van der Waals surface area contributed by atoms with Gasteiger partial charge in [0.1, 0.15) is 6.29 Å². The molecule has 4 atom stereocenters. The van der Waals surface area contributed by atoms with Crippen molar-refractivity contribution in [2.24, 2.45) is 23.7 Å². The first-order valence-electron chi connectivity index (χ1n) is 4.62. The highest BCUT2D eigenvalue weighted by Gasteiger charge is 2.30. The van der Waals surface area contributed by atoms with Gasteiger partial charge in [-0.3, -0.25) is 0 Å². The van der Waals surface area contributed by atoms with E-state index in [0.717, 1.165) is 24.5 Å². The van der Waals surface area contributed by atoms with Gasteiger partial charge in [-0.2, -0.15) is 0 Å². The van der Waals surface area contributed by atoms with E-state index in [1.807, 2.05) is 0 Å². The molecule has 0 aromatic carbocycles. The SMILES string of the molecule is CC1CCC(C=O)C(C)C1C. The number of aldehydes is 1. The molecule has 0 N–H and O–H groups in total. The standard InChI is InChI=1S/C10H18O/c1-7-4-5-10(6-11)9(3)8(7)2/h6-10H,4-5H2,1-3H3. The molecule has 0 amide bonds. The monoisotopic (exact) mass is 154 g/mol. The zero-order chi connectivity index (χ0) is 8.43. The first-order chi connectivity index (χ1) is 5.16. The molecule has 11 heavy (non-hydrogen) atoms. The summed E-state index contributed by atoms with van der Waals surface area (Å²) in [6, 6.07) is 0. The van der Waals surface area contributed by atoms with E-state index < -0.39 is 0 Å². The summed E-state index contributed by atoms with van der Waals surface area (Å²) in [5.41, 5.74) is 0. The lowest BCUT2D eigenvalue weighted by molar-refractivity contribution is -0.114. The molecule has 4 unspecified atom stereocenters. The molecule has 1 aliphatic rings. The van der Waals surface area contributed by atoms with Crippen molar-refractivity contribution in [3.63, 3.8) is 0 Å². The predicted octanol–water partition coefficient (Wildman–Crippen LogP) is 2.50. The minimum absolute atomic E-state index is 0.334. The average molecular weight is 154 g/mol. The molecule has 1 nitrogen and oxygen atoms in total. The zero-order valence-electron chi connectivity index (χ0n) is 7.71. The smallest absolute Gasteiger partial charge is 0.123 e. The fourth-order valence-corrected chi connectivity index (χ4v) is 2.08. The van der Waals surface area contributed by atoms with Gasteiger partial charge in [0.05, 0.1) is 0 Å². The second-order valence-corrected chi connectivity index (χ2v) is 4.07. The Morgan fingerprint density at radius 3 is 2.27 bits per heavy atom. The summed E-state index contributed by atoms with van der Waals surface area (Å²) in [6.07, 6.45) is 3.48. The Morgan fingerprint density at radius 2 is 1.73 bits per heavy atom. The van der Waals surface area contributed by atoms with Crippen LogP contribution in [0.15, 0.2) is 0 Å². The first-order valence-corrected chi connectivity index (χ1v) is 4.62. The highest BCUT2D eigenvalue weighted by Crippen LogP contribution is 2.36. The summed E-state index contributed by atoms with van der Waals surface area (Å²) in [5.74, 6) is 2.46. The van der Waals surface area contributed by atoms with Crippen LogP contribution in [-0.2, 0) is 4.79 Å². The fraction of sp³-hybridized carbons (Fsp3) is 0.900. The van der Waals surface area contributed by atoms with Crippen molar-refractivity contribution in [1.82, 2.24) is 0 Å². The van der Waals surface area contributed by atoms with E-state index in [2.05, 4.69) is 20.8 Å². The van der Waals surface area contributed by atoms with E-state index in [1.165, 1.54) is 6.42 Å². The Bertz CT molecular complexity index is 142. The summed E-state index contributed by atoms with van der Waals surface area (Å²) in [6.45, 7) is 6.77. The quantitative estimate of drug-likeness (QED) is 0.530. The van der Waals surface area contributed by atoms with Gasteiger partial charge in [0.15, 0.2) is 0 Å². The lowest BCUT2D eigenvalue weighted by atomic mass is 9.69. The average Bonchev–Trinajstić information content (AvgIpc) is 2.01. The fourth-order valence-electron chi connectivity index (χ4n) is 2.08. The van der Waals surface area contributed by atoms with Gasteiger partial charge in [0.2, 0.25) is 0 Å². The van der Waals surface area contributed by atoms with Crippen LogP contribution < -0.4 is 0 Å². The van der Waals surface area contributed by atoms with E-state index >= 15 is 0 Å². The molecule has 0 saturated heterocycles. The van der Waals surface area contributed by atoms with Crippen molar-refractivity contribution in [1.29, 1.82) is 0 Å². The highest BCUT2D eigenvalue weighted by molar-refractivity contribution is 5.54. The van der Waals surface area contributed by atoms with Crippen LogP contribution in [-0.4, -0.2) is 6.29 Å². The van der Waals surface area contributed by atoms with Gasteiger partial charge in [0, 0.05) is 5.92 Å². The van der Waals surface area contributed by atoms with Gasteiger partial charge in [-0.05, 0) is 30.6 Å². The largest absolute Gasteiger partial charge is 0.303 e. The summed E-state index contributed by atoms with van der Waals surface area (Å²) in [7, 11) is 0. The number of rotatable bonds is 1. The van der Waals surface area contributed by atoms with Gasteiger partial charge >= 0.3 is 0 Å². The first kappa shape index (κ1) is 8.76. The van der Waals surface area contributed by atoms with Gasteiger partial charge in [0.25, 0.3) is 0 Å². The molecule has 0 bridgehead atoms. The summed E-state index contributed by atoms with van der Waals surface area (Å²) in [4.78, 5) is 10.6. The van der Waals surface area contributed by atoms with E-state index in [4.69, 9.17) is 0 Å². The van der Waals surface area contributed by atoms with Crippen molar-refractivity contribution < 1.29 is 4.79 Å². The van der Waals surface area contributed by atoms with Crippen LogP contribution in [0.3, 0.4) is 0 Å². The van der Waals surface area contributed by atoms with E-state index in [1.54, 1.807) is 0 Å². The van der Waals surface area contributed by atoms with Crippen LogP contribution in [0.5, 0.6) is 0 Å². The second kappa shape index (κ2) is 3.38. The number of hydrogen-bond acceptors (Lipinski definition) is 1. The predicted molar refractivity (Wildman–Crippen MR) is 46.3 cm³/mol. The Labute approximate surface area is 69.2 Å². The lowest BCUT2D eigenvalue weighted by Crippen LogP contribution is -2.30. The maximum absolute atomic E-state index is 10.6. The van der Waals surface area contributed by atoms with Crippen molar-refractivity contribution in [2.45, 2.75) is 33.6 Å². The maximum atomic E-state index is 10.6. The van der Waals surface area contributed by atoms with Crippen molar-refractivity contribution >= 4 is 6.29 Å². The number of hydrogen-bond donors (Lipinski definition) is 0. The lowest BCUT2D eigenvalue weighted by Gasteiger charge is -2.35. The second-order valence-electron chi connectivity index (χ2n) is 4.07. The maximum Gasteiger partial charge on any atom is 0.123 e. The minimum atomic E-state index is 0.334. The molecular weight excluding hydrogens is 136 g/mol. The third kappa shape index (κ3) is 1.63. The van der Waals surface area contributed by atoms with Crippen LogP contribution >= 0.6 is 0 Å². The molecule has 1 aliphatic carbocycles.